The molecule has 1 heterocycles. The van der Waals surface area contributed by atoms with Gasteiger partial charge in [0.2, 0.25) is 0 Å². The van der Waals surface area contributed by atoms with E-state index < -0.39 is 5.97 Å². The van der Waals surface area contributed by atoms with E-state index in [-0.39, 0.29) is 5.91 Å². The molecule has 1 aliphatic heterocycles. The quantitative estimate of drug-likeness (QED) is 0.264. The minimum atomic E-state index is -0.407. The van der Waals surface area contributed by atoms with Crippen LogP contribution in [0, 0.1) is 0 Å². The van der Waals surface area contributed by atoms with Crippen molar-refractivity contribution in [3.05, 3.63) is 89.5 Å². The number of esters is 1. The van der Waals surface area contributed by atoms with E-state index >= 15 is 0 Å². The summed E-state index contributed by atoms with van der Waals surface area (Å²) in [7, 11) is 0. The zero-order valence-electron chi connectivity index (χ0n) is 20.5. The molecule has 0 spiro atoms. The van der Waals surface area contributed by atoms with Crippen LogP contribution in [0.2, 0.25) is 0 Å². The second kappa shape index (κ2) is 10.7. The number of rotatable bonds is 7. The highest BCUT2D eigenvalue weighted by Gasteiger charge is 2.29. The number of nitrogens with one attached hydrogen (secondary N) is 3. The number of hydrogen-bond donors (Lipinski definition) is 3. The summed E-state index contributed by atoms with van der Waals surface area (Å²) in [6.45, 7) is 2.06. The first-order valence-electron chi connectivity index (χ1n) is 12.7. The lowest BCUT2D eigenvalue weighted by atomic mass is 9.95. The van der Waals surface area contributed by atoms with E-state index in [0.717, 1.165) is 22.5 Å². The van der Waals surface area contributed by atoms with Crippen LogP contribution in [0.25, 0.3) is 11.3 Å². The summed E-state index contributed by atoms with van der Waals surface area (Å²) in [5.41, 5.74) is 5.90. The highest BCUT2D eigenvalue weighted by Crippen LogP contribution is 2.38. The van der Waals surface area contributed by atoms with Gasteiger partial charge in [0.05, 0.1) is 29.1 Å². The Morgan fingerprint density at radius 3 is 2.36 bits per heavy atom. The highest BCUT2D eigenvalue weighted by molar-refractivity contribution is 6.37. The number of hydrogen-bond acceptors (Lipinski definition) is 5. The van der Waals surface area contributed by atoms with Gasteiger partial charge in [-0.15, -0.1) is 0 Å². The van der Waals surface area contributed by atoms with Gasteiger partial charge in [0.15, 0.2) is 0 Å². The Kier molecular flexibility index (Phi) is 7.03. The van der Waals surface area contributed by atoms with Crippen molar-refractivity contribution in [2.24, 2.45) is 0 Å². The Hall–Kier alpha value is -4.06. The number of ether oxygens (including phenoxy) is 1. The van der Waals surface area contributed by atoms with E-state index in [4.69, 9.17) is 4.74 Å². The number of carbonyl (C=O) groups is 2. The SMILES string of the molecule is CCOC(=O)c1ccc2c(c1)NC(=O)C2=C(Nc1ccc(NC2CCCCC2)cc1)c1ccccc1. The van der Waals surface area contributed by atoms with Crippen molar-refractivity contribution in [2.75, 3.05) is 22.6 Å². The zero-order valence-corrected chi connectivity index (χ0v) is 20.5. The molecule has 3 aromatic rings. The van der Waals surface area contributed by atoms with Crippen LogP contribution >= 0.6 is 0 Å². The van der Waals surface area contributed by atoms with Crippen LogP contribution in [0.3, 0.4) is 0 Å². The lowest BCUT2D eigenvalue weighted by molar-refractivity contribution is -0.110. The zero-order chi connectivity index (χ0) is 24.9. The highest BCUT2D eigenvalue weighted by atomic mass is 16.5. The molecule has 5 rings (SSSR count). The predicted octanol–water partition coefficient (Wildman–Crippen LogP) is 6.54. The second-order valence-corrected chi connectivity index (χ2v) is 9.23. The van der Waals surface area contributed by atoms with Gasteiger partial charge >= 0.3 is 5.97 Å². The maximum absolute atomic E-state index is 13.2. The maximum Gasteiger partial charge on any atom is 0.338 e. The average Bonchev–Trinajstić information content (AvgIpc) is 3.24. The first-order chi connectivity index (χ1) is 17.6. The fraction of sp³-hybridized carbons (Fsp3) is 0.267. The van der Waals surface area contributed by atoms with Crippen molar-refractivity contribution < 1.29 is 14.3 Å². The van der Waals surface area contributed by atoms with Crippen molar-refractivity contribution in [1.82, 2.24) is 0 Å². The molecule has 1 amide bonds. The molecular formula is C30H31N3O3. The molecule has 6 heteroatoms. The Morgan fingerprint density at radius 1 is 0.917 bits per heavy atom. The molecule has 6 nitrogen and oxygen atoms in total. The molecule has 0 bridgehead atoms. The van der Waals surface area contributed by atoms with Crippen molar-refractivity contribution >= 4 is 40.2 Å². The maximum atomic E-state index is 13.2. The van der Waals surface area contributed by atoms with E-state index in [0.29, 0.717) is 35.2 Å². The molecule has 0 saturated heterocycles. The largest absolute Gasteiger partial charge is 0.462 e. The van der Waals surface area contributed by atoms with Gasteiger partial charge in [-0.2, -0.15) is 0 Å². The number of carbonyl (C=O) groups excluding carboxylic acids is 2. The summed E-state index contributed by atoms with van der Waals surface area (Å²) in [5, 5.41) is 10.1. The van der Waals surface area contributed by atoms with Crippen molar-refractivity contribution in [1.29, 1.82) is 0 Å². The van der Waals surface area contributed by atoms with Gasteiger partial charge in [-0.25, -0.2) is 4.79 Å². The van der Waals surface area contributed by atoms with Gasteiger partial charge in [0.25, 0.3) is 5.91 Å². The van der Waals surface area contributed by atoms with Gasteiger partial charge in [0, 0.05) is 23.0 Å². The van der Waals surface area contributed by atoms with Crippen LogP contribution in [0.4, 0.5) is 17.1 Å². The molecular weight excluding hydrogens is 450 g/mol. The van der Waals surface area contributed by atoms with Crippen molar-refractivity contribution in [2.45, 2.75) is 45.1 Å². The first-order valence-corrected chi connectivity index (χ1v) is 12.7. The van der Waals surface area contributed by atoms with Crippen LogP contribution in [-0.2, 0) is 9.53 Å². The summed E-state index contributed by atoms with van der Waals surface area (Å²) in [6, 6.07) is 23.8. The molecule has 2 aliphatic rings. The Bertz CT molecular complexity index is 1280. The van der Waals surface area contributed by atoms with E-state index in [1.165, 1.54) is 32.1 Å². The lowest BCUT2D eigenvalue weighted by Gasteiger charge is -2.24. The third-order valence-electron chi connectivity index (χ3n) is 6.72. The summed E-state index contributed by atoms with van der Waals surface area (Å²) in [4.78, 5) is 25.4. The molecule has 184 valence electrons. The summed E-state index contributed by atoms with van der Waals surface area (Å²) in [5.74, 6) is -0.622. The van der Waals surface area contributed by atoms with Gasteiger partial charge in [-0.1, -0.05) is 55.7 Å². The number of fused-ring (bicyclic) bond motifs is 1. The third kappa shape index (κ3) is 5.13. The molecule has 3 N–H and O–H groups in total. The fourth-order valence-electron chi connectivity index (χ4n) is 4.92. The monoisotopic (exact) mass is 481 g/mol. The molecule has 1 fully saturated rings. The van der Waals surface area contributed by atoms with Gasteiger partial charge in [-0.3, -0.25) is 4.79 Å². The van der Waals surface area contributed by atoms with Gasteiger partial charge < -0.3 is 20.7 Å². The van der Waals surface area contributed by atoms with Crippen LogP contribution in [-0.4, -0.2) is 24.5 Å². The number of benzene rings is 3. The fourth-order valence-corrected chi connectivity index (χ4v) is 4.92. The smallest absolute Gasteiger partial charge is 0.338 e. The first kappa shape index (κ1) is 23.7. The normalized spacial score (nSPS) is 16.6. The molecule has 36 heavy (non-hydrogen) atoms. The number of anilines is 3. The summed E-state index contributed by atoms with van der Waals surface area (Å²) >= 11 is 0. The molecule has 0 radical (unpaired) electrons. The van der Waals surface area contributed by atoms with Crippen LogP contribution < -0.4 is 16.0 Å². The minimum Gasteiger partial charge on any atom is -0.462 e. The lowest BCUT2D eigenvalue weighted by Crippen LogP contribution is -2.22. The summed E-state index contributed by atoms with van der Waals surface area (Å²) in [6.07, 6.45) is 6.35. The van der Waals surface area contributed by atoms with Crippen LogP contribution in [0.15, 0.2) is 72.8 Å². The van der Waals surface area contributed by atoms with Crippen molar-refractivity contribution in [3.63, 3.8) is 0 Å². The Balaban J connectivity index is 1.46. The summed E-state index contributed by atoms with van der Waals surface area (Å²) < 4.78 is 5.11. The van der Waals surface area contributed by atoms with Gasteiger partial charge in [-0.05, 0) is 61.7 Å². The number of amides is 1. The molecule has 0 aromatic heterocycles. The Labute approximate surface area is 211 Å². The van der Waals surface area contributed by atoms with E-state index in [2.05, 4.69) is 28.1 Å². The third-order valence-corrected chi connectivity index (χ3v) is 6.72. The molecule has 1 aliphatic carbocycles. The molecule has 0 atom stereocenters. The Morgan fingerprint density at radius 2 is 1.64 bits per heavy atom. The average molecular weight is 482 g/mol. The molecule has 3 aromatic carbocycles. The second-order valence-electron chi connectivity index (χ2n) is 9.23. The van der Waals surface area contributed by atoms with Gasteiger partial charge in [0.1, 0.15) is 0 Å². The molecule has 1 saturated carbocycles. The standard InChI is InChI=1S/C30H31N3O3/c1-2-36-30(35)21-13-18-25-26(19-21)33-29(34)27(25)28(20-9-5-3-6-10-20)32-24-16-14-23(15-17-24)31-22-11-7-4-8-12-22/h3,5-6,9-10,13-19,22,31-32H,2,4,7-8,11-12H2,1H3,(H,33,34). The minimum absolute atomic E-state index is 0.215. The topological polar surface area (TPSA) is 79.5 Å². The van der Waals surface area contributed by atoms with E-state index in [1.807, 2.05) is 42.5 Å². The van der Waals surface area contributed by atoms with Crippen LogP contribution in [0.1, 0.15) is 60.5 Å². The van der Waals surface area contributed by atoms with E-state index in [1.54, 1.807) is 25.1 Å². The van der Waals surface area contributed by atoms with Crippen molar-refractivity contribution in [3.8, 4) is 0 Å². The van der Waals surface area contributed by atoms with E-state index in [9.17, 15) is 9.59 Å². The van der Waals surface area contributed by atoms with Crippen LogP contribution in [0.5, 0.6) is 0 Å². The predicted molar refractivity (Wildman–Crippen MR) is 145 cm³/mol. The molecule has 0 unspecified atom stereocenters.